The van der Waals surface area contributed by atoms with Crippen molar-refractivity contribution in [2.45, 2.75) is 38.6 Å². The van der Waals surface area contributed by atoms with Crippen LogP contribution in [0.4, 0.5) is 0 Å². The molecule has 0 spiro atoms. The predicted molar refractivity (Wildman–Crippen MR) is 78.7 cm³/mol. The molecule has 0 radical (unpaired) electrons. The number of ether oxygens (including phenoxy) is 2. The molecule has 1 aromatic carbocycles. The smallest absolute Gasteiger partial charge is 0.356 e. The van der Waals surface area contributed by atoms with Gasteiger partial charge in [-0.3, -0.25) is 9.59 Å². The number of benzene rings is 1. The van der Waals surface area contributed by atoms with Crippen molar-refractivity contribution in [3.05, 3.63) is 35.9 Å². The Kier molecular flexibility index (Phi) is 5.70. The van der Waals surface area contributed by atoms with Gasteiger partial charge in [-0.25, -0.2) is 4.79 Å². The SMILES string of the molecule is CC(=O)OCCC1CC(=O)N1C(O)C(=O)OCc1ccccc1. The molecule has 7 nitrogen and oxygen atoms in total. The van der Waals surface area contributed by atoms with Crippen molar-refractivity contribution in [3.8, 4) is 0 Å². The number of esters is 2. The van der Waals surface area contributed by atoms with Crippen molar-refractivity contribution in [2.24, 2.45) is 0 Å². The summed E-state index contributed by atoms with van der Waals surface area (Å²) in [7, 11) is 0. The molecule has 7 heteroatoms. The largest absolute Gasteiger partial charge is 0.466 e. The Balaban J connectivity index is 1.82. The fraction of sp³-hybridized carbons (Fsp3) is 0.438. The number of aliphatic hydroxyl groups excluding tert-OH is 1. The van der Waals surface area contributed by atoms with Crippen molar-refractivity contribution in [3.63, 3.8) is 0 Å². The molecule has 2 atom stereocenters. The van der Waals surface area contributed by atoms with Gasteiger partial charge in [-0.1, -0.05) is 30.3 Å². The third-order valence-electron chi connectivity index (χ3n) is 3.55. The zero-order valence-electron chi connectivity index (χ0n) is 12.8. The van der Waals surface area contributed by atoms with E-state index < -0.39 is 18.2 Å². The fourth-order valence-electron chi connectivity index (χ4n) is 2.33. The van der Waals surface area contributed by atoms with Gasteiger partial charge in [0.05, 0.1) is 6.61 Å². The summed E-state index contributed by atoms with van der Waals surface area (Å²) in [5.74, 6) is -1.62. The lowest BCUT2D eigenvalue weighted by Gasteiger charge is -2.42. The minimum atomic E-state index is -1.64. The molecule has 1 amide bonds. The number of amides is 1. The molecule has 1 aliphatic rings. The highest BCUT2D eigenvalue weighted by molar-refractivity contribution is 5.88. The summed E-state index contributed by atoms with van der Waals surface area (Å²) in [4.78, 5) is 35.3. The highest BCUT2D eigenvalue weighted by Gasteiger charge is 2.43. The number of nitrogens with zero attached hydrogens (tertiary/aromatic N) is 1. The topological polar surface area (TPSA) is 93.1 Å². The molecule has 1 N–H and O–H groups in total. The van der Waals surface area contributed by atoms with Crippen LogP contribution in [-0.4, -0.2) is 46.7 Å². The number of hydrogen-bond donors (Lipinski definition) is 1. The standard InChI is InChI=1S/C16H19NO6/c1-11(18)22-8-7-13-9-14(19)17(13)15(20)16(21)23-10-12-5-3-2-4-6-12/h2-6,13,15,20H,7-10H2,1H3. The minimum absolute atomic E-state index is 0.0247. The molecule has 2 rings (SSSR count). The zero-order chi connectivity index (χ0) is 16.8. The average Bonchev–Trinajstić information content (AvgIpc) is 2.52. The van der Waals surface area contributed by atoms with Crippen LogP contribution in [0, 0.1) is 0 Å². The highest BCUT2D eigenvalue weighted by atomic mass is 16.6. The van der Waals surface area contributed by atoms with Crippen molar-refractivity contribution < 1.29 is 29.0 Å². The maximum absolute atomic E-state index is 11.9. The summed E-state index contributed by atoms with van der Waals surface area (Å²) in [5.41, 5.74) is 0.786. The van der Waals surface area contributed by atoms with Gasteiger partial charge in [-0.2, -0.15) is 0 Å². The Bertz CT molecular complexity index is 573. The van der Waals surface area contributed by atoms with Crippen LogP contribution in [0.5, 0.6) is 0 Å². The fourth-order valence-corrected chi connectivity index (χ4v) is 2.33. The first-order chi connectivity index (χ1) is 11.0. The summed E-state index contributed by atoms with van der Waals surface area (Å²) in [5, 5.41) is 9.99. The lowest BCUT2D eigenvalue weighted by Crippen LogP contribution is -2.60. The van der Waals surface area contributed by atoms with E-state index in [0.717, 1.165) is 10.5 Å². The van der Waals surface area contributed by atoms with E-state index in [1.165, 1.54) is 6.92 Å². The van der Waals surface area contributed by atoms with Gasteiger partial charge in [0.2, 0.25) is 12.1 Å². The minimum Gasteiger partial charge on any atom is -0.466 e. The van der Waals surface area contributed by atoms with Crippen LogP contribution in [0.25, 0.3) is 0 Å². The van der Waals surface area contributed by atoms with Crippen molar-refractivity contribution in [1.82, 2.24) is 4.90 Å². The highest BCUT2D eigenvalue weighted by Crippen LogP contribution is 2.25. The van der Waals surface area contributed by atoms with E-state index >= 15 is 0 Å². The molecule has 1 heterocycles. The maximum Gasteiger partial charge on any atom is 0.356 e. The Labute approximate surface area is 133 Å². The summed E-state index contributed by atoms with van der Waals surface area (Å²) < 4.78 is 9.82. The van der Waals surface area contributed by atoms with E-state index in [9.17, 15) is 19.5 Å². The molecule has 0 aliphatic carbocycles. The van der Waals surface area contributed by atoms with E-state index in [1.807, 2.05) is 18.2 Å². The molecule has 1 aliphatic heterocycles. The third kappa shape index (κ3) is 4.53. The summed E-state index contributed by atoms with van der Waals surface area (Å²) in [6.45, 7) is 1.45. The number of rotatable bonds is 7. The summed E-state index contributed by atoms with van der Waals surface area (Å²) in [6, 6.07) is 8.70. The first-order valence-electron chi connectivity index (χ1n) is 7.32. The summed E-state index contributed by atoms with van der Waals surface area (Å²) in [6.07, 6.45) is -1.05. The lowest BCUT2D eigenvalue weighted by molar-refractivity contribution is -0.185. The van der Waals surface area contributed by atoms with Crippen LogP contribution < -0.4 is 0 Å². The normalized spacial score (nSPS) is 18.1. The first kappa shape index (κ1) is 17.0. The van der Waals surface area contributed by atoms with Gasteiger partial charge in [-0.05, 0) is 5.56 Å². The first-order valence-corrected chi connectivity index (χ1v) is 7.32. The van der Waals surface area contributed by atoms with Gasteiger partial charge >= 0.3 is 11.9 Å². The van der Waals surface area contributed by atoms with E-state index in [-0.39, 0.29) is 31.6 Å². The maximum atomic E-state index is 11.9. The van der Waals surface area contributed by atoms with Crippen LogP contribution in [-0.2, 0) is 30.5 Å². The molecular formula is C16H19NO6. The second-order valence-electron chi connectivity index (χ2n) is 5.25. The lowest BCUT2D eigenvalue weighted by atomic mass is 9.98. The van der Waals surface area contributed by atoms with Gasteiger partial charge in [0, 0.05) is 25.8 Å². The number of carbonyl (C=O) groups is 3. The molecule has 0 saturated carbocycles. The van der Waals surface area contributed by atoms with Gasteiger partial charge in [0.15, 0.2) is 0 Å². The van der Waals surface area contributed by atoms with E-state index in [4.69, 9.17) is 9.47 Å². The number of aliphatic hydroxyl groups is 1. The number of hydrogen-bond acceptors (Lipinski definition) is 6. The molecule has 1 fully saturated rings. The molecule has 0 bridgehead atoms. The van der Waals surface area contributed by atoms with Crippen LogP contribution in [0.1, 0.15) is 25.3 Å². The van der Waals surface area contributed by atoms with E-state index in [2.05, 4.69) is 0 Å². The molecular weight excluding hydrogens is 302 g/mol. The number of carbonyl (C=O) groups excluding carboxylic acids is 3. The average molecular weight is 321 g/mol. The predicted octanol–water partition coefficient (Wildman–Crippen LogP) is 0.602. The van der Waals surface area contributed by atoms with E-state index in [1.54, 1.807) is 12.1 Å². The second kappa shape index (κ2) is 7.73. The summed E-state index contributed by atoms with van der Waals surface area (Å²) >= 11 is 0. The third-order valence-corrected chi connectivity index (χ3v) is 3.55. The van der Waals surface area contributed by atoms with E-state index in [0.29, 0.717) is 6.42 Å². The van der Waals surface area contributed by atoms with Crippen LogP contribution in [0.3, 0.4) is 0 Å². The molecule has 1 saturated heterocycles. The number of β-lactam (4-membered cyclic amide) rings is 1. The van der Waals surface area contributed by atoms with Gasteiger partial charge < -0.3 is 19.5 Å². The van der Waals surface area contributed by atoms with Crippen molar-refractivity contribution >= 4 is 17.8 Å². The van der Waals surface area contributed by atoms with Gasteiger partial charge in [-0.15, -0.1) is 0 Å². The second-order valence-corrected chi connectivity index (χ2v) is 5.25. The molecule has 124 valence electrons. The Morgan fingerprint density at radius 1 is 1.30 bits per heavy atom. The monoisotopic (exact) mass is 321 g/mol. The number of likely N-dealkylation sites (tertiary alicyclic amines) is 1. The van der Waals surface area contributed by atoms with Crippen LogP contribution in [0.2, 0.25) is 0 Å². The molecule has 1 aromatic rings. The van der Waals surface area contributed by atoms with Crippen molar-refractivity contribution in [1.29, 1.82) is 0 Å². The quantitative estimate of drug-likeness (QED) is 0.584. The zero-order valence-corrected chi connectivity index (χ0v) is 12.8. The van der Waals surface area contributed by atoms with Crippen LogP contribution in [0.15, 0.2) is 30.3 Å². The van der Waals surface area contributed by atoms with Gasteiger partial charge in [0.1, 0.15) is 6.61 Å². The Morgan fingerprint density at radius 3 is 2.61 bits per heavy atom. The molecule has 2 unspecified atom stereocenters. The van der Waals surface area contributed by atoms with Crippen molar-refractivity contribution in [2.75, 3.05) is 6.61 Å². The van der Waals surface area contributed by atoms with Gasteiger partial charge in [0.25, 0.3) is 0 Å². The molecule has 0 aromatic heterocycles. The molecule has 23 heavy (non-hydrogen) atoms. The van der Waals surface area contributed by atoms with Crippen LogP contribution >= 0.6 is 0 Å². The Morgan fingerprint density at radius 2 is 2.00 bits per heavy atom. The Hall–Kier alpha value is -2.41.